The molecule has 1 unspecified atom stereocenters. The smallest absolute Gasteiger partial charge is 0.256 e. The average molecular weight is 438 g/mol. The Balaban J connectivity index is 1.42. The summed E-state index contributed by atoms with van der Waals surface area (Å²) in [5.74, 6) is 0.365. The van der Waals surface area contributed by atoms with Gasteiger partial charge in [-0.3, -0.25) is 19.7 Å². The Labute approximate surface area is 190 Å². The van der Waals surface area contributed by atoms with Crippen molar-refractivity contribution < 1.29 is 9.59 Å². The highest BCUT2D eigenvalue weighted by Gasteiger charge is 2.28. The van der Waals surface area contributed by atoms with E-state index in [1.54, 1.807) is 41.6 Å². The van der Waals surface area contributed by atoms with Crippen molar-refractivity contribution in [3.63, 3.8) is 0 Å². The number of aromatic nitrogens is 4. The van der Waals surface area contributed by atoms with Crippen LogP contribution in [0.25, 0.3) is 22.2 Å². The number of amides is 2. The maximum absolute atomic E-state index is 12.5. The molecule has 8 nitrogen and oxygen atoms in total. The predicted octanol–water partition coefficient (Wildman–Crippen LogP) is 3.77. The van der Waals surface area contributed by atoms with Gasteiger partial charge in [-0.2, -0.15) is 5.10 Å². The first-order chi connectivity index (χ1) is 16.1. The molecule has 4 aromatic rings. The van der Waals surface area contributed by atoms with Crippen molar-refractivity contribution in [3.05, 3.63) is 84.8 Å². The Morgan fingerprint density at radius 1 is 1.18 bits per heavy atom. The summed E-state index contributed by atoms with van der Waals surface area (Å²) in [6.45, 7) is 4.89. The lowest BCUT2D eigenvalue weighted by atomic mass is 10.0. The number of anilines is 1. The lowest BCUT2D eigenvalue weighted by molar-refractivity contribution is -0.125. The van der Waals surface area contributed by atoms with E-state index in [1.807, 2.05) is 24.3 Å². The van der Waals surface area contributed by atoms with Crippen molar-refractivity contribution in [2.75, 3.05) is 18.4 Å². The summed E-state index contributed by atoms with van der Waals surface area (Å²) in [4.78, 5) is 35.4. The van der Waals surface area contributed by atoms with Crippen LogP contribution >= 0.6 is 0 Å². The zero-order valence-corrected chi connectivity index (χ0v) is 17.9. The summed E-state index contributed by atoms with van der Waals surface area (Å²) in [5, 5.41) is 11.0. The second-order valence-corrected chi connectivity index (χ2v) is 7.95. The molecule has 1 atom stereocenters. The van der Waals surface area contributed by atoms with Gasteiger partial charge in [0.1, 0.15) is 5.82 Å². The van der Waals surface area contributed by atoms with Gasteiger partial charge in [0.05, 0.1) is 17.4 Å². The first-order valence-electron chi connectivity index (χ1n) is 10.7. The number of carbonyl (C=O) groups is 2. The Morgan fingerprint density at radius 2 is 2.03 bits per heavy atom. The van der Waals surface area contributed by atoms with Gasteiger partial charge in [0.2, 0.25) is 5.91 Å². The van der Waals surface area contributed by atoms with E-state index >= 15 is 0 Å². The number of likely N-dealkylation sites (tertiary alicyclic amines) is 1. The molecule has 1 aliphatic heterocycles. The summed E-state index contributed by atoms with van der Waals surface area (Å²) in [6.07, 6.45) is 5.61. The fourth-order valence-electron chi connectivity index (χ4n) is 4.12. The molecule has 164 valence electrons. The zero-order chi connectivity index (χ0) is 22.8. The standard InChI is InChI=1S/C25H22N6O2/c1-2-22(32)31-12-10-18(15-31)20-13-19-14-27-30-24(19)23(28-20)16-6-8-17(9-7-16)25(33)29-21-5-3-4-11-26-21/h2-9,11,13-14,18H,1,10,12,15H2,(H,27,30)(H,26,29,33). The Hall–Kier alpha value is -4.33. The molecule has 0 saturated carbocycles. The quantitative estimate of drug-likeness (QED) is 0.462. The molecule has 3 aromatic heterocycles. The van der Waals surface area contributed by atoms with Gasteiger partial charge >= 0.3 is 0 Å². The number of H-pyrrole nitrogens is 1. The van der Waals surface area contributed by atoms with Crippen molar-refractivity contribution in [2.45, 2.75) is 12.3 Å². The Kier molecular flexibility index (Phi) is 5.40. The zero-order valence-electron chi connectivity index (χ0n) is 17.9. The molecule has 1 aromatic carbocycles. The van der Waals surface area contributed by atoms with Gasteiger partial charge in [0, 0.05) is 47.4 Å². The number of rotatable bonds is 5. The van der Waals surface area contributed by atoms with Crippen molar-refractivity contribution in [1.82, 2.24) is 25.1 Å². The molecule has 4 heterocycles. The van der Waals surface area contributed by atoms with E-state index in [9.17, 15) is 9.59 Å². The van der Waals surface area contributed by atoms with Gasteiger partial charge in [-0.15, -0.1) is 0 Å². The summed E-state index contributed by atoms with van der Waals surface area (Å²) >= 11 is 0. The second kappa shape index (κ2) is 8.66. The number of nitrogens with one attached hydrogen (secondary N) is 2. The van der Waals surface area contributed by atoms with Gasteiger partial charge in [-0.1, -0.05) is 24.8 Å². The van der Waals surface area contributed by atoms with Crippen LogP contribution in [0.15, 0.2) is 73.6 Å². The number of carbonyl (C=O) groups excluding carboxylic acids is 2. The van der Waals surface area contributed by atoms with Crippen molar-refractivity contribution in [1.29, 1.82) is 0 Å². The van der Waals surface area contributed by atoms with Crippen LogP contribution in [-0.4, -0.2) is 50.0 Å². The van der Waals surface area contributed by atoms with Gasteiger partial charge in [0.15, 0.2) is 0 Å². The first-order valence-corrected chi connectivity index (χ1v) is 10.7. The van der Waals surface area contributed by atoms with Crippen molar-refractivity contribution in [2.24, 2.45) is 0 Å². The topological polar surface area (TPSA) is 104 Å². The van der Waals surface area contributed by atoms with E-state index < -0.39 is 0 Å². The summed E-state index contributed by atoms with van der Waals surface area (Å²) < 4.78 is 0. The van der Waals surface area contributed by atoms with Crippen molar-refractivity contribution >= 4 is 28.5 Å². The number of fused-ring (bicyclic) bond motifs is 1. The highest BCUT2D eigenvalue weighted by Crippen LogP contribution is 2.32. The monoisotopic (exact) mass is 438 g/mol. The van der Waals surface area contributed by atoms with Crippen LogP contribution in [0.5, 0.6) is 0 Å². The first kappa shape index (κ1) is 20.6. The molecule has 0 aliphatic carbocycles. The molecule has 8 heteroatoms. The van der Waals surface area contributed by atoms with Crippen LogP contribution in [0.4, 0.5) is 5.82 Å². The third-order valence-electron chi connectivity index (χ3n) is 5.87. The van der Waals surface area contributed by atoms with E-state index in [2.05, 4.69) is 27.1 Å². The van der Waals surface area contributed by atoms with Crippen LogP contribution in [0.2, 0.25) is 0 Å². The molecular weight excluding hydrogens is 416 g/mol. The molecule has 1 saturated heterocycles. The SMILES string of the molecule is C=CC(=O)N1CCC(c2cc3cn[nH]c3c(-c3ccc(C(=O)Nc4ccccn4)cc3)n2)C1. The maximum Gasteiger partial charge on any atom is 0.256 e. The Morgan fingerprint density at radius 3 is 2.79 bits per heavy atom. The summed E-state index contributed by atoms with van der Waals surface area (Å²) in [7, 11) is 0. The minimum atomic E-state index is -0.230. The van der Waals surface area contributed by atoms with Crippen molar-refractivity contribution in [3.8, 4) is 11.3 Å². The molecule has 1 fully saturated rings. The van der Waals surface area contributed by atoms with Gasteiger partial charge < -0.3 is 10.2 Å². The molecular formula is C25H22N6O2. The second-order valence-electron chi connectivity index (χ2n) is 7.95. The maximum atomic E-state index is 12.5. The van der Waals surface area contributed by atoms with E-state index in [4.69, 9.17) is 4.98 Å². The molecule has 5 rings (SSSR count). The normalized spacial score (nSPS) is 15.5. The van der Waals surface area contributed by atoms with Gasteiger partial charge in [-0.25, -0.2) is 4.98 Å². The lowest BCUT2D eigenvalue weighted by Crippen LogP contribution is -2.26. The predicted molar refractivity (Wildman–Crippen MR) is 126 cm³/mol. The fraction of sp³-hybridized carbons (Fsp3) is 0.160. The number of hydrogen-bond acceptors (Lipinski definition) is 5. The van der Waals surface area contributed by atoms with Crippen LogP contribution in [0, 0.1) is 0 Å². The minimum Gasteiger partial charge on any atom is -0.338 e. The molecule has 2 amide bonds. The Bertz CT molecular complexity index is 1330. The molecule has 0 radical (unpaired) electrons. The van der Waals surface area contributed by atoms with Crippen LogP contribution < -0.4 is 5.32 Å². The van der Waals surface area contributed by atoms with Crippen LogP contribution in [0.1, 0.15) is 28.4 Å². The third-order valence-corrected chi connectivity index (χ3v) is 5.87. The van der Waals surface area contributed by atoms with Crippen LogP contribution in [0.3, 0.4) is 0 Å². The highest BCUT2D eigenvalue weighted by molar-refractivity contribution is 6.04. The number of pyridine rings is 2. The van der Waals surface area contributed by atoms with Crippen LogP contribution in [-0.2, 0) is 4.79 Å². The minimum absolute atomic E-state index is 0.0540. The molecule has 2 N–H and O–H groups in total. The molecule has 0 spiro atoms. The third kappa shape index (κ3) is 4.10. The number of hydrogen-bond donors (Lipinski definition) is 2. The van der Waals surface area contributed by atoms with E-state index in [0.717, 1.165) is 34.3 Å². The number of aromatic amines is 1. The van der Waals surface area contributed by atoms with Gasteiger partial charge in [-0.05, 0) is 42.8 Å². The number of benzene rings is 1. The summed E-state index contributed by atoms with van der Waals surface area (Å²) in [5.41, 5.74) is 3.93. The lowest BCUT2D eigenvalue weighted by Gasteiger charge is -2.15. The van der Waals surface area contributed by atoms with Gasteiger partial charge in [0.25, 0.3) is 5.91 Å². The van der Waals surface area contributed by atoms with E-state index in [-0.39, 0.29) is 17.7 Å². The summed E-state index contributed by atoms with van der Waals surface area (Å²) in [6, 6.07) is 14.7. The molecule has 0 bridgehead atoms. The largest absolute Gasteiger partial charge is 0.338 e. The number of nitrogens with zero attached hydrogens (tertiary/aromatic N) is 4. The fourth-order valence-corrected chi connectivity index (χ4v) is 4.12. The highest BCUT2D eigenvalue weighted by atomic mass is 16.2. The average Bonchev–Trinajstić information content (AvgIpc) is 3.53. The molecule has 33 heavy (non-hydrogen) atoms. The molecule has 1 aliphatic rings. The van der Waals surface area contributed by atoms with E-state index in [0.29, 0.717) is 24.5 Å². The van der Waals surface area contributed by atoms with E-state index in [1.165, 1.54) is 6.08 Å².